The average molecular weight is 487 g/mol. The second-order valence-electron chi connectivity index (χ2n) is 6.70. The van der Waals surface area contributed by atoms with Gasteiger partial charge in [-0.3, -0.25) is 9.59 Å². The third kappa shape index (κ3) is 7.34. The van der Waals surface area contributed by atoms with E-state index in [1.54, 1.807) is 36.4 Å². The summed E-state index contributed by atoms with van der Waals surface area (Å²) in [4.78, 5) is 25.3. The van der Waals surface area contributed by atoms with Crippen molar-refractivity contribution >= 4 is 46.6 Å². The van der Waals surface area contributed by atoms with Crippen molar-refractivity contribution in [2.45, 2.75) is 4.90 Å². The van der Waals surface area contributed by atoms with Gasteiger partial charge >= 0.3 is 0 Å². The summed E-state index contributed by atoms with van der Waals surface area (Å²) in [6, 6.07) is 19.5. The highest BCUT2D eigenvalue weighted by Crippen LogP contribution is 2.36. The lowest BCUT2D eigenvalue weighted by Crippen LogP contribution is -2.20. The van der Waals surface area contributed by atoms with Gasteiger partial charge in [0.25, 0.3) is 5.91 Å². The number of rotatable bonds is 10. The molecule has 3 rings (SSSR count). The van der Waals surface area contributed by atoms with Gasteiger partial charge in [0.2, 0.25) is 5.91 Å². The lowest BCUT2D eigenvalue weighted by molar-refractivity contribution is -0.118. The van der Waals surface area contributed by atoms with Crippen molar-refractivity contribution in [3.05, 3.63) is 71.8 Å². The first-order valence-corrected chi connectivity index (χ1v) is 11.3. The van der Waals surface area contributed by atoms with Gasteiger partial charge < -0.3 is 24.8 Å². The van der Waals surface area contributed by atoms with Gasteiger partial charge in [-0.15, -0.1) is 11.8 Å². The fourth-order valence-corrected chi connectivity index (χ4v) is 3.73. The van der Waals surface area contributed by atoms with E-state index in [0.29, 0.717) is 33.6 Å². The summed E-state index contributed by atoms with van der Waals surface area (Å²) < 4.78 is 15.9. The second-order valence-corrected chi connectivity index (χ2v) is 8.15. The van der Waals surface area contributed by atoms with Gasteiger partial charge in [-0.2, -0.15) is 0 Å². The Kier molecular flexibility index (Phi) is 8.86. The van der Waals surface area contributed by atoms with Crippen LogP contribution >= 0.6 is 23.4 Å². The Morgan fingerprint density at radius 3 is 2.24 bits per heavy atom. The van der Waals surface area contributed by atoms with E-state index >= 15 is 0 Å². The minimum atomic E-state index is -0.259. The minimum Gasteiger partial charge on any atom is -0.495 e. The Hall–Kier alpha value is -3.36. The lowest BCUT2D eigenvalue weighted by atomic mass is 10.2. The van der Waals surface area contributed by atoms with Crippen molar-refractivity contribution in [3.8, 4) is 17.2 Å². The third-order valence-electron chi connectivity index (χ3n) is 4.37. The van der Waals surface area contributed by atoms with E-state index in [1.807, 2.05) is 30.3 Å². The smallest absolute Gasteiger partial charge is 0.262 e. The van der Waals surface area contributed by atoms with Crippen molar-refractivity contribution in [3.63, 3.8) is 0 Å². The van der Waals surface area contributed by atoms with Crippen LogP contribution in [0.2, 0.25) is 5.02 Å². The summed E-state index contributed by atoms with van der Waals surface area (Å²) in [5, 5.41) is 5.94. The molecule has 3 aromatic carbocycles. The molecule has 0 saturated heterocycles. The number of halogens is 1. The minimum absolute atomic E-state index is 0.0838. The van der Waals surface area contributed by atoms with Crippen LogP contribution in [0.15, 0.2) is 71.6 Å². The molecule has 172 valence electrons. The highest BCUT2D eigenvalue weighted by Gasteiger charge is 2.13. The molecule has 0 radical (unpaired) electrons. The van der Waals surface area contributed by atoms with Crippen molar-refractivity contribution in [1.82, 2.24) is 0 Å². The van der Waals surface area contributed by atoms with Crippen LogP contribution in [-0.4, -0.2) is 38.4 Å². The molecule has 2 amide bonds. The Morgan fingerprint density at radius 2 is 1.58 bits per heavy atom. The maximum Gasteiger partial charge on any atom is 0.262 e. The molecule has 0 fully saturated rings. The molecule has 3 aromatic rings. The van der Waals surface area contributed by atoms with Crippen LogP contribution in [0.1, 0.15) is 0 Å². The zero-order chi connectivity index (χ0) is 23.6. The molecule has 0 aromatic heterocycles. The lowest BCUT2D eigenvalue weighted by Gasteiger charge is -2.13. The molecular weight excluding hydrogens is 464 g/mol. The number of hydrogen-bond acceptors (Lipinski definition) is 6. The van der Waals surface area contributed by atoms with Crippen LogP contribution in [0.5, 0.6) is 17.2 Å². The van der Waals surface area contributed by atoms with Gasteiger partial charge in [0.05, 0.1) is 30.7 Å². The fraction of sp³-hybridized carbons (Fsp3) is 0.167. The number of thioether (sulfide) groups is 1. The highest BCUT2D eigenvalue weighted by atomic mass is 35.5. The Bertz CT molecular complexity index is 1090. The van der Waals surface area contributed by atoms with Gasteiger partial charge in [0.1, 0.15) is 17.2 Å². The fourth-order valence-electron chi connectivity index (χ4n) is 2.79. The number of ether oxygens (including phenoxy) is 3. The van der Waals surface area contributed by atoms with Gasteiger partial charge in [0, 0.05) is 16.6 Å². The molecule has 0 aliphatic carbocycles. The molecule has 0 unspecified atom stereocenters. The molecular formula is C24H23ClN2O5S. The van der Waals surface area contributed by atoms with E-state index in [0.717, 1.165) is 4.90 Å². The van der Waals surface area contributed by atoms with Crippen LogP contribution in [0.3, 0.4) is 0 Å². The Balaban J connectivity index is 1.47. The molecule has 0 spiro atoms. The van der Waals surface area contributed by atoms with Gasteiger partial charge in [-0.1, -0.05) is 29.8 Å². The van der Waals surface area contributed by atoms with Crippen molar-refractivity contribution < 1.29 is 23.8 Å². The van der Waals surface area contributed by atoms with E-state index in [9.17, 15) is 9.59 Å². The molecule has 0 aliphatic rings. The largest absolute Gasteiger partial charge is 0.495 e. The number of hydrogen-bond donors (Lipinski definition) is 2. The average Bonchev–Trinajstić information content (AvgIpc) is 2.83. The predicted octanol–water partition coefficient (Wildman–Crippen LogP) is 5.11. The second kappa shape index (κ2) is 12.0. The number of para-hydroxylation sites is 1. The monoisotopic (exact) mass is 486 g/mol. The van der Waals surface area contributed by atoms with Crippen LogP contribution in [0, 0.1) is 0 Å². The quantitative estimate of drug-likeness (QED) is 0.387. The van der Waals surface area contributed by atoms with E-state index in [1.165, 1.54) is 26.0 Å². The molecule has 0 aliphatic heterocycles. The van der Waals surface area contributed by atoms with Crippen LogP contribution in [-0.2, 0) is 9.59 Å². The van der Waals surface area contributed by atoms with Gasteiger partial charge in [-0.05, 0) is 42.5 Å². The van der Waals surface area contributed by atoms with Crippen molar-refractivity contribution in [2.24, 2.45) is 0 Å². The summed E-state index contributed by atoms with van der Waals surface area (Å²) >= 11 is 7.50. The van der Waals surface area contributed by atoms with Crippen molar-refractivity contribution in [1.29, 1.82) is 0 Å². The normalized spacial score (nSPS) is 10.3. The SMILES string of the molecule is COc1cc(OC)c(NC(=O)CSc2ccc(NC(=O)COc3ccccc3)cc2)cc1Cl. The first kappa shape index (κ1) is 24.3. The summed E-state index contributed by atoms with van der Waals surface area (Å²) in [5.74, 6) is 1.25. The van der Waals surface area contributed by atoms with Crippen molar-refractivity contribution in [2.75, 3.05) is 37.2 Å². The number of amides is 2. The van der Waals surface area contributed by atoms with Crippen LogP contribution in [0.25, 0.3) is 0 Å². The third-order valence-corrected chi connectivity index (χ3v) is 5.68. The van der Waals surface area contributed by atoms with E-state index in [4.69, 9.17) is 25.8 Å². The summed E-state index contributed by atoms with van der Waals surface area (Å²) in [6.07, 6.45) is 0. The van der Waals surface area contributed by atoms with Crippen LogP contribution in [0.4, 0.5) is 11.4 Å². The maximum absolute atomic E-state index is 12.4. The van der Waals surface area contributed by atoms with Gasteiger partial charge in [-0.25, -0.2) is 0 Å². The molecule has 33 heavy (non-hydrogen) atoms. The summed E-state index contributed by atoms with van der Waals surface area (Å²) in [6.45, 7) is -0.0838. The standard InChI is InChI=1S/C24H23ClN2O5S/c1-30-21-13-22(31-2)20(12-19(21)25)27-24(29)15-33-18-10-8-16(9-11-18)26-23(28)14-32-17-6-4-3-5-7-17/h3-13H,14-15H2,1-2H3,(H,26,28)(H,27,29). The molecule has 9 heteroatoms. The highest BCUT2D eigenvalue weighted by molar-refractivity contribution is 8.00. The number of carbonyl (C=O) groups excluding carboxylic acids is 2. The summed E-state index contributed by atoms with van der Waals surface area (Å²) in [7, 11) is 3.01. The molecule has 0 atom stereocenters. The number of benzene rings is 3. The van der Waals surface area contributed by atoms with E-state index in [-0.39, 0.29) is 24.2 Å². The first-order valence-electron chi connectivity index (χ1n) is 9.90. The maximum atomic E-state index is 12.4. The molecule has 0 saturated carbocycles. The van der Waals surface area contributed by atoms with Gasteiger partial charge in [0.15, 0.2) is 6.61 Å². The Morgan fingerprint density at radius 1 is 0.879 bits per heavy atom. The van der Waals surface area contributed by atoms with E-state index in [2.05, 4.69) is 10.6 Å². The van der Waals surface area contributed by atoms with E-state index < -0.39 is 0 Å². The Labute approximate surface area is 201 Å². The number of carbonyl (C=O) groups is 2. The predicted molar refractivity (Wildman–Crippen MR) is 131 cm³/mol. The topological polar surface area (TPSA) is 85.9 Å². The number of nitrogens with one attached hydrogen (secondary N) is 2. The molecule has 0 heterocycles. The number of methoxy groups -OCH3 is 2. The molecule has 2 N–H and O–H groups in total. The molecule has 0 bridgehead atoms. The zero-order valence-electron chi connectivity index (χ0n) is 18.1. The zero-order valence-corrected chi connectivity index (χ0v) is 19.7. The number of anilines is 2. The summed E-state index contributed by atoms with van der Waals surface area (Å²) in [5.41, 5.74) is 1.10. The van der Waals surface area contributed by atoms with Crippen LogP contribution < -0.4 is 24.8 Å². The molecule has 7 nitrogen and oxygen atoms in total. The first-order chi connectivity index (χ1) is 16.0.